The topological polar surface area (TPSA) is 87.0 Å². The Morgan fingerprint density at radius 1 is 0.862 bits per heavy atom. The van der Waals surface area contributed by atoms with Gasteiger partial charge in [0.1, 0.15) is 5.75 Å². The van der Waals surface area contributed by atoms with Gasteiger partial charge in [-0.15, -0.1) is 0 Å². The van der Waals surface area contributed by atoms with E-state index in [1.807, 2.05) is 39.8 Å². The van der Waals surface area contributed by atoms with Gasteiger partial charge in [0.25, 0.3) is 0 Å². The second-order valence-electron chi connectivity index (χ2n) is 7.87. The van der Waals surface area contributed by atoms with E-state index in [1.165, 1.54) is 24.6 Å². The summed E-state index contributed by atoms with van der Waals surface area (Å²) in [5, 5.41) is 28.9. The SMILES string of the molecule is C=C(C)C(=O)Oc1c(O)cc(C(C)C)cc1O.Cc1cc(C(C)C)cc(C)c1O. The van der Waals surface area contributed by atoms with Gasteiger partial charge in [0.15, 0.2) is 11.5 Å². The minimum atomic E-state index is -0.687. The van der Waals surface area contributed by atoms with Crippen molar-refractivity contribution >= 4 is 5.97 Å². The Bertz CT molecular complexity index is 848. The normalized spacial score (nSPS) is 10.5. The van der Waals surface area contributed by atoms with E-state index < -0.39 is 5.97 Å². The van der Waals surface area contributed by atoms with Gasteiger partial charge in [-0.3, -0.25) is 0 Å². The quantitative estimate of drug-likeness (QED) is 0.341. The molecular formula is C24H32O5. The Morgan fingerprint density at radius 2 is 1.24 bits per heavy atom. The number of rotatable bonds is 4. The summed E-state index contributed by atoms with van der Waals surface area (Å²) in [6, 6.07) is 7.02. The first-order chi connectivity index (χ1) is 13.3. The number of ether oxygens (including phenoxy) is 1. The summed E-state index contributed by atoms with van der Waals surface area (Å²) in [4.78, 5) is 11.3. The Kier molecular flexibility index (Phi) is 8.31. The number of hydrogen-bond donors (Lipinski definition) is 3. The van der Waals surface area contributed by atoms with Gasteiger partial charge in [-0.05, 0) is 67.0 Å². The van der Waals surface area contributed by atoms with Crippen LogP contribution in [0.15, 0.2) is 36.4 Å². The maximum atomic E-state index is 11.3. The number of carbonyl (C=O) groups excluding carboxylic acids is 1. The van der Waals surface area contributed by atoms with Gasteiger partial charge < -0.3 is 20.1 Å². The van der Waals surface area contributed by atoms with Crippen molar-refractivity contribution in [2.45, 2.75) is 60.3 Å². The van der Waals surface area contributed by atoms with Crippen molar-refractivity contribution in [2.24, 2.45) is 0 Å². The minimum absolute atomic E-state index is 0.151. The summed E-state index contributed by atoms with van der Waals surface area (Å²) in [5.41, 5.74) is 4.19. The average Bonchev–Trinajstić information content (AvgIpc) is 2.62. The molecule has 3 N–H and O–H groups in total. The fourth-order valence-corrected chi connectivity index (χ4v) is 2.56. The minimum Gasteiger partial charge on any atom is -0.507 e. The molecule has 2 aromatic rings. The molecule has 0 aliphatic rings. The molecule has 0 unspecified atom stereocenters. The van der Waals surface area contributed by atoms with Crippen molar-refractivity contribution in [1.82, 2.24) is 0 Å². The van der Waals surface area contributed by atoms with E-state index in [4.69, 9.17) is 4.74 Å². The van der Waals surface area contributed by atoms with Gasteiger partial charge in [0.2, 0.25) is 5.75 Å². The van der Waals surface area contributed by atoms with Crippen LogP contribution < -0.4 is 4.74 Å². The van der Waals surface area contributed by atoms with Crippen LogP contribution in [0.2, 0.25) is 0 Å². The molecule has 0 heterocycles. The predicted molar refractivity (Wildman–Crippen MR) is 116 cm³/mol. The zero-order valence-electron chi connectivity index (χ0n) is 18.3. The zero-order chi connectivity index (χ0) is 22.5. The summed E-state index contributed by atoms with van der Waals surface area (Å²) in [6.07, 6.45) is 0. The van der Waals surface area contributed by atoms with Crippen LogP contribution in [0.1, 0.15) is 68.7 Å². The largest absolute Gasteiger partial charge is 0.507 e. The molecule has 2 rings (SSSR count). The van der Waals surface area contributed by atoms with Crippen LogP contribution in [0, 0.1) is 13.8 Å². The second kappa shape index (κ2) is 10.0. The van der Waals surface area contributed by atoms with Crippen LogP contribution in [0.3, 0.4) is 0 Å². The Morgan fingerprint density at radius 3 is 1.59 bits per heavy atom. The van der Waals surface area contributed by atoms with E-state index in [2.05, 4.69) is 20.4 Å². The van der Waals surface area contributed by atoms with Gasteiger partial charge in [0.05, 0.1) is 0 Å². The Labute approximate surface area is 173 Å². The lowest BCUT2D eigenvalue weighted by molar-refractivity contribution is -0.130. The summed E-state index contributed by atoms with van der Waals surface area (Å²) < 4.78 is 4.83. The molecule has 5 heteroatoms. The summed E-state index contributed by atoms with van der Waals surface area (Å²) in [5.74, 6) is -0.331. The van der Waals surface area contributed by atoms with Gasteiger partial charge in [-0.25, -0.2) is 4.79 Å². The van der Waals surface area contributed by atoms with Gasteiger partial charge in [-0.2, -0.15) is 0 Å². The monoisotopic (exact) mass is 400 g/mol. The van der Waals surface area contributed by atoms with Crippen molar-refractivity contribution in [3.8, 4) is 23.0 Å². The van der Waals surface area contributed by atoms with Crippen LogP contribution in [-0.2, 0) is 4.79 Å². The van der Waals surface area contributed by atoms with E-state index >= 15 is 0 Å². The number of phenolic OH excluding ortho intramolecular Hbond substituents is 3. The first-order valence-electron chi connectivity index (χ1n) is 9.58. The number of benzene rings is 2. The van der Waals surface area contributed by atoms with Gasteiger partial charge in [-0.1, -0.05) is 46.4 Å². The Balaban J connectivity index is 0.000000308. The van der Waals surface area contributed by atoms with Crippen LogP contribution in [0.25, 0.3) is 0 Å². The highest BCUT2D eigenvalue weighted by Gasteiger charge is 2.16. The van der Waals surface area contributed by atoms with Crippen LogP contribution in [0.4, 0.5) is 0 Å². The number of esters is 1. The number of aryl methyl sites for hydroxylation is 2. The van der Waals surface area contributed by atoms with Crippen LogP contribution in [0.5, 0.6) is 23.0 Å². The first-order valence-corrected chi connectivity index (χ1v) is 9.58. The highest BCUT2D eigenvalue weighted by Crippen LogP contribution is 2.39. The standard InChI is InChI=1S/C13H16O4.C11H16O/c1-7(2)9-5-10(14)12(11(15)6-9)17-13(16)8(3)4;1-7(2)10-5-8(3)11(12)9(4)6-10/h5-7,14-15H,3H2,1-2,4H3;5-7,12H,1-4H3. The van der Waals surface area contributed by atoms with E-state index in [1.54, 1.807) is 0 Å². The molecule has 2 aromatic carbocycles. The molecule has 29 heavy (non-hydrogen) atoms. The third kappa shape index (κ3) is 6.56. The van der Waals surface area contributed by atoms with Crippen molar-refractivity contribution in [3.63, 3.8) is 0 Å². The molecule has 0 radical (unpaired) electrons. The number of aromatic hydroxyl groups is 3. The van der Waals surface area contributed by atoms with E-state index in [0.29, 0.717) is 11.7 Å². The average molecular weight is 401 g/mol. The zero-order valence-corrected chi connectivity index (χ0v) is 18.3. The summed E-state index contributed by atoms with van der Waals surface area (Å²) in [6.45, 7) is 16.9. The molecule has 0 amide bonds. The molecule has 0 aliphatic carbocycles. The fourth-order valence-electron chi connectivity index (χ4n) is 2.56. The predicted octanol–water partition coefficient (Wildman–Crippen LogP) is 5.84. The molecular weight excluding hydrogens is 368 g/mol. The molecule has 0 spiro atoms. The third-order valence-corrected chi connectivity index (χ3v) is 4.46. The molecule has 158 valence electrons. The highest BCUT2D eigenvalue weighted by atomic mass is 16.5. The molecule has 0 aliphatic heterocycles. The maximum Gasteiger partial charge on any atom is 0.338 e. The number of phenols is 3. The van der Waals surface area contributed by atoms with E-state index in [-0.39, 0.29) is 28.7 Å². The molecule has 0 saturated carbocycles. The van der Waals surface area contributed by atoms with Crippen LogP contribution in [-0.4, -0.2) is 21.3 Å². The van der Waals surface area contributed by atoms with E-state index in [9.17, 15) is 20.1 Å². The molecule has 0 bridgehead atoms. The van der Waals surface area contributed by atoms with Gasteiger partial charge >= 0.3 is 5.97 Å². The summed E-state index contributed by atoms with van der Waals surface area (Å²) in [7, 11) is 0. The van der Waals surface area contributed by atoms with Crippen molar-refractivity contribution in [1.29, 1.82) is 0 Å². The highest BCUT2D eigenvalue weighted by molar-refractivity contribution is 5.89. The molecule has 0 saturated heterocycles. The van der Waals surface area contributed by atoms with Crippen molar-refractivity contribution in [2.75, 3.05) is 0 Å². The van der Waals surface area contributed by atoms with Crippen LogP contribution >= 0.6 is 0 Å². The molecule has 0 fully saturated rings. The van der Waals surface area contributed by atoms with Gasteiger partial charge in [0, 0.05) is 5.57 Å². The van der Waals surface area contributed by atoms with Crippen molar-refractivity contribution in [3.05, 3.63) is 58.7 Å². The third-order valence-electron chi connectivity index (χ3n) is 4.46. The lowest BCUT2D eigenvalue weighted by Gasteiger charge is -2.12. The summed E-state index contributed by atoms with van der Waals surface area (Å²) >= 11 is 0. The molecule has 0 aromatic heterocycles. The molecule has 0 atom stereocenters. The number of hydrogen-bond acceptors (Lipinski definition) is 5. The lowest BCUT2D eigenvalue weighted by Crippen LogP contribution is -2.08. The van der Waals surface area contributed by atoms with Crippen molar-refractivity contribution < 1.29 is 24.9 Å². The number of carbonyl (C=O) groups is 1. The first kappa shape index (κ1) is 24.1. The second-order valence-corrected chi connectivity index (χ2v) is 7.87. The smallest absolute Gasteiger partial charge is 0.338 e. The van der Waals surface area contributed by atoms with E-state index in [0.717, 1.165) is 16.7 Å². The molecule has 5 nitrogen and oxygen atoms in total. The Hall–Kier alpha value is -2.95. The lowest BCUT2D eigenvalue weighted by atomic mass is 9.98. The fraction of sp³-hybridized carbons (Fsp3) is 0.375. The maximum absolute atomic E-state index is 11.3.